The highest BCUT2D eigenvalue weighted by molar-refractivity contribution is 7.32. The van der Waals surface area contributed by atoms with Crippen molar-refractivity contribution in [2.24, 2.45) is 5.41 Å². The summed E-state index contributed by atoms with van der Waals surface area (Å²) in [6.07, 6.45) is 1.58. The molecule has 0 radical (unpaired) electrons. The van der Waals surface area contributed by atoms with Crippen LogP contribution in [-0.2, 0) is 9.09 Å². The third-order valence-electron chi connectivity index (χ3n) is 1.57. The van der Waals surface area contributed by atoms with Crippen molar-refractivity contribution in [1.82, 2.24) is 0 Å². The second-order valence-electron chi connectivity index (χ2n) is 4.41. The summed E-state index contributed by atoms with van der Waals surface area (Å²) in [5.74, 6) is 0. The minimum absolute atomic E-state index is 0.152. The largest absolute Gasteiger partial charge is 0.326 e. The molecule has 78 valence electrons. The fourth-order valence-electron chi connectivity index (χ4n) is 0.872. The average molecular weight is 206 g/mol. The molecule has 0 saturated carbocycles. The van der Waals surface area contributed by atoms with Crippen molar-refractivity contribution in [2.75, 3.05) is 0 Å². The molecule has 0 aliphatic heterocycles. The Morgan fingerprint density at radius 3 is 2.15 bits per heavy atom. The van der Waals surface area contributed by atoms with Crippen LogP contribution in [0, 0.1) is 5.41 Å². The first-order chi connectivity index (χ1) is 5.73. The van der Waals surface area contributed by atoms with E-state index in [1.54, 1.807) is 0 Å². The normalized spacial score (nSPS) is 16.5. The Hall–Kier alpha value is -0.110. The van der Waals surface area contributed by atoms with E-state index in [4.69, 9.17) is 9.42 Å². The van der Waals surface area contributed by atoms with Crippen molar-refractivity contribution in [2.45, 2.75) is 40.7 Å². The van der Waals surface area contributed by atoms with Crippen LogP contribution in [0.2, 0.25) is 0 Å². The lowest BCUT2D eigenvalue weighted by molar-refractivity contribution is 0.122. The summed E-state index contributed by atoms with van der Waals surface area (Å²) in [5.41, 5.74) is 0.934. The molecule has 0 heterocycles. The van der Waals surface area contributed by atoms with Gasteiger partial charge >= 0.3 is 8.25 Å². The van der Waals surface area contributed by atoms with E-state index in [9.17, 15) is 4.57 Å². The van der Waals surface area contributed by atoms with Crippen molar-refractivity contribution in [1.29, 1.82) is 0 Å². The average Bonchev–Trinajstić information content (AvgIpc) is 1.81. The molecule has 3 nitrogen and oxygen atoms in total. The molecule has 0 aromatic heterocycles. The van der Waals surface area contributed by atoms with Gasteiger partial charge in [-0.3, -0.25) is 4.57 Å². The number of rotatable bonds is 3. The van der Waals surface area contributed by atoms with E-state index in [0.717, 1.165) is 5.57 Å². The zero-order valence-electron chi connectivity index (χ0n) is 8.92. The van der Waals surface area contributed by atoms with Crippen molar-refractivity contribution in [3.63, 3.8) is 0 Å². The standard InChI is InChI=1S/C9H19O3P/c1-7(2)6-8(9(3,4)5)12-13(10)11/h6,8,13H,1-5H3,(H,10,11). The highest BCUT2D eigenvalue weighted by Crippen LogP contribution is 2.31. The molecule has 0 amide bonds. The van der Waals surface area contributed by atoms with E-state index in [-0.39, 0.29) is 11.5 Å². The first-order valence-electron chi connectivity index (χ1n) is 4.28. The van der Waals surface area contributed by atoms with Crippen LogP contribution in [0.3, 0.4) is 0 Å². The van der Waals surface area contributed by atoms with Gasteiger partial charge in [0.25, 0.3) is 0 Å². The molecule has 0 fully saturated rings. The van der Waals surface area contributed by atoms with Crippen LogP contribution in [0.15, 0.2) is 11.6 Å². The van der Waals surface area contributed by atoms with Crippen LogP contribution in [0.5, 0.6) is 0 Å². The van der Waals surface area contributed by atoms with E-state index >= 15 is 0 Å². The Labute approximate surface area is 80.8 Å². The Bertz CT molecular complexity index is 211. The van der Waals surface area contributed by atoms with Gasteiger partial charge in [0.05, 0.1) is 6.10 Å². The van der Waals surface area contributed by atoms with Crippen LogP contribution >= 0.6 is 8.25 Å². The highest BCUT2D eigenvalue weighted by Gasteiger charge is 2.24. The second kappa shape index (κ2) is 4.94. The molecule has 13 heavy (non-hydrogen) atoms. The smallest absolute Gasteiger partial charge is 0.317 e. The minimum atomic E-state index is -2.86. The van der Waals surface area contributed by atoms with Crippen molar-refractivity contribution < 1.29 is 14.0 Å². The maximum atomic E-state index is 10.6. The molecular weight excluding hydrogens is 187 g/mol. The van der Waals surface area contributed by atoms with E-state index in [1.807, 2.05) is 40.7 Å². The van der Waals surface area contributed by atoms with Crippen LogP contribution in [-0.4, -0.2) is 11.0 Å². The summed E-state index contributed by atoms with van der Waals surface area (Å²) >= 11 is 0. The van der Waals surface area contributed by atoms with Crippen LogP contribution in [0.1, 0.15) is 34.6 Å². The first kappa shape index (κ1) is 12.9. The van der Waals surface area contributed by atoms with Gasteiger partial charge in [-0.05, 0) is 19.3 Å². The van der Waals surface area contributed by atoms with E-state index in [1.165, 1.54) is 0 Å². The van der Waals surface area contributed by atoms with E-state index in [2.05, 4.69) is 0 Å². The third-order valence-corrected chi connectivity index (χ3v) is 2.02. The van der Waals surface area contributed by atoms with Crippen LogP contribution in [0.25, 0.3) is 0 Å². The lowest BCUT2D eigenvalue weighted by Crippen LogP contribution is -2.25. The molecule has 2 unspecified atom stereocenters. The van der Waals surface area contributed by atoms with Gasteiger partial charge in [0.2, 0.25) is 0 Å². The lowest BCUT2D eigenvalue weighted by atomic mass is 9.88. The summed E-state index contributed by atoms with van der Waals surface area (Å²) in [4.78, 5) is 8.69. The van der Waals surface area contributed by atoms with Gasteiger partial charge in [-0.1, -0.05) is 32.4 Å². The summed E-state index contributed by atoms with van der Waals surface area (Å²) in [7, 11) is -2.86. The second-order valence-corrected chi connectivity index (χ2v) is 5.18. The quantitative estimate of drug-likeness (QED) is 0.570. The van der Waals surface area contributed by atoms with Crippen LogP contribution in [0.4, 0.5) is 0 Å². The fraction of sp³-hybridized carbons (Fsp3) is 0.778. The number of hydrogen-bond acceptors (Lipinski definition) is 2. The first-order valence-corrected chi connectivity index (χ1v) is 5.54. The minimum Gasteiger partial charge on any atom is -0.326 e. The number of allylic oxidation sites excluding steroid dienone is 1. The Morgan fingerprint density at radius 2 is 1.92 bits per heavy atom. The Morgan fingerprint density at radius 1 is 1.46 bits per heavy atom. The van der Waals surface area contributed by atoms with Crippen molar-refractivity contribution >= 4 is 8.25 Å². The molecule has 0 aromatic rings. The van der Waals surface area contributed by atoms with Gasteiger partial charge in [-0.25, -0.2) is 0 Å². The molecule has 0 aliphatic carbocycles. The predicted molar refractivity (Wildman–Crippen MR) is 55.0 cm³/mol. The molecule has 2 atom stereocenters. The summed E-state index contributed by atoms with van der Waals surface area (Å²) < 4.78 is 15.5. The number of hydrogen-bond donors (Lipinski definition) is 1. The van der Waals surface area contributed by atoms with Gasteiger partial charge in [-0.2, -0.15) is 0 Å². The molecule has 0 spiro atoms. The molecule has 0 bridgehead atoms. The molecule has 4 heteroatoms. The van der Waals surface area contributed by atoms with Gasteiger partial charge < -0.3 is 9.42 Å². The molecule has 0 rings (SSSR count). The zero-order valence-corrected chi connectivity index (χ0v) is 9.92. The maximum Gasteiger partial charge on any atom is 0.317 e. The Balaban J connectivity index is 4.57. The summed E-state index contributed by atoms with van der Waals surface area (Å²) in [6.45, 7) is 9.80. The monoisotopic (exact) mass is 206 g/mol. The summed E-state index contributed by atoms with van der Waals surface area (Å²) in [5, 5.41) is 0. The molecule has 0 aliphatic rings. The maximum absolute atomic E-state index is 10.6. The van der Waals surface area contributed by atoms with Crippen molar-refractivity contribution in [3.8, 4) is 0 Å². The fourth-order valence-corrected chi connectivity index (χ4v) is 1.51. The van der Waals surface area contributed by atoms with Gasteiger partial charge in [-0.15, -0.1) is 0 Å². The summed E-state index contributed by atoms with van der Waals surface area (Å²) in [6, 6.07) is 0. The Kier molecular flexibility index (Phi) is 4.90. The van der Waals surface area contributed by atoms with Gasteiger partial charge in [0.15, 0.2) is 0 Å². The molecule has 1 N–H and O–H groups in total. The molecule has 0 saturated heterocycles. The lowest BCUT2D eigenvalue weighted by Gasteiger charge is -2.27. The third kappa shape index (κ3) is 6.03. The van der Waals surface area contributed by atoms with Gasteiger partial charge in [0, 0.05) is 0 Å². The zero-order chi connectivity index (χ0) is 10.6. The van der Waals surface area contributed by atoms with Crippen molar-refractivity contribution in [3.05, 3.63) is 11.6 Å². The topological polar surface area (TPSA) is 46.5 Å². The molecule has 0 aromatic carbocycles. The highest BCUT2D eigenvalue weighted by atomic mass is 31.1. The van der Waals surface area contributed by atoms with Gasteiger partial charge in [0.1, 0.15) is 0 Å². The van der Waals surface area contributed by atoms with Crippen LogP contribution < -0.4 is 0 Å². The molecular formula is C9H19O3P. The van der Waals surface area contributed by atoms with E-state index in [0.29, 0.717) is 0 Å². The predicted octanol–water partition coefficient (Wildman–Crippen LogP) is 2.77. The SMILES string of the molecule is CC(C)=CC(O[PH](=O)O)C(C)(C)C. The van der Waals surface area contributed by atoms with E-state index < -0.39 is 8.25 Å².